The van der Waals surface area contributed by atoms with Gasteiger partial charge < -0.3 is 18.6 Å². The van der Waals surface area contributed by atoms with Crippen LogP contribution in [0.2, 0.25) is 0 Å². The van der Waals surface area contributed by atoms with Crippen LogP contribution in [0.25, 0.3) is 22.7 Å². The molecule has 0 unspecified atom stereocenters. The number of hydrogen-bond acceptors (Lipinski definition) is 8. The fraction of sp³-hybridized carbons (Fsp3) is 0.318. The molecule has 0 aromatic carbocycles. The summed E-state index contributed by atoms with van der Waals surface area (Å²) < 4.78 is 12.9. The number of anilines is 1. The van der Waals surface area contributed by atoms with Crippen molar-refractivity contribution in [3.63, 3.8) is 0 Å². The fourth-order valence-electron chi connectivity index (χ4n) is 4.13. The number of carbonyl (C=O) groups excluding carboxylic acids is 1. The Bertz CT molecular complexity index is 1350. The van der Waals surface area contributed by atoms with Crippen LogP contribution < -0.4 is 4.90 Å². The summed E-state index contributed by atoms with van der Waals surface area (Å²) in [6, 6.07) is 7.37. The Morgan fingerprint density at radius 1 is 1.19 bits per heavy atom. The molecular weight excluding hydrogens is 410 g/mol. The molecule has 1 fully saturated rings. The van der Waals surface area contributed by atoms with E-state index in [2.05, 4.69) is 21.1 Å². The number of nitrogens with zero attached hydrogens (tertiary/aromatic N) is 7. The molecule has 1 amide bonds. The predicted octanol–water partition coefficient (Wildman–Crippen LogP) is 2.67. The maximum atomic E-state index is 13.4. The van der Waals surface area contributed by atoms with Crippen molar-refractivity contribution in [1.82, 2.24) is 24.6 Å². The highest BCUT2D eigenvalue weighted by molar-refractivity contribution is 6.06. The van der Waals surface area contributed by atoms with Crippen LogP contribution in [0.5, 0.6) is 0 Å². The summed E-state index contributed by atoms with van der Waals surface area (Å²) in [4.78, 5) is 25.9. The molecule has 5 heterocycles. The van der Waals surface area contributed by atoms with E-state index in [1.165, 1.54) is 6.26 Å². The molecule has 0 bridgehead atoms. The first kappa shape index (κ1) is 19.8. The van der Waals surface area contributed by atoms with Gasteiger partial charge in [-0.1, -0.05) is 0 Å². The monoisotopic (exact) mass is 431 g/mol. The smallest absolute Gasteiger partial charge is 0.266 e. The Morgan fingerprint density at radius 2 is 1.97 bits per heavy atom. The Hall–Kier alpha value is -4.13. The van der Waals surface area contributed by atoms with Crippen LogP contribution in [0.1, 0.15) is 27.4 Å². The molecule has 0 spiro atoms. The summed E-state index contributed by atoms with van der Waals surface area (Å²) in [5, 5.41) is 14.7. The summed E-state index contributed by atoms with van der Waals surface area (Å²) >= 11 is 0. The zero-order valence-electron chi connectivity index (χ0n) is 18.0. The van der Waals surface area contributed by atoms with Crippen LogP contribution in [0.15, 0.2) is 33.3 Å². The highest BCUT2D eigenvalue weighted by Gasteiger charge is 2.29. The Labute approximate surface area is 183 Å². The number of aromatic nitrogens is 4. The second-order valence-electron chi connectivity index (χ2n) is 7.76. The van der Waals surface area contributed by atoms with Gasteiger partial charge in [-0.25, -0.2) is 4.98 Å². The molecule has 32 heavy (non-hydrogen) atoms. The molecule has 0 atom stereocenters. The molecule has 4 aromatic rings. The van der Waals surface area contributed by atoms with E-state index in [0.29, 0.717) is 49.0 Å². The van der Waals surface area contributed by atoms with Gasteiger partial charge in [0.1, 0.15) is 6.07 Å². The van der Waals surface area contributed by atoms with E-state index in [1.807, 2.05) is 36.8 Å². The lowest BCUT2D eigenvalue weighted by Crippen LogP contribution is -2.49. The number of fused-ring (bicyclic) bond motifs is 1. The first-order valence-corrected chi connectivity index (χ1v) is 10.3. The van der Waals surface area contributed by atoms with Crippen molar-refractivity contribution in [3.05, 3.63) is 47.1 Å². The molecule has 1 aliphatic rings. The number of amides is 1. The van der Waals surface area contributed by atoms with Crippen molar-refractivity contribution in [3.8, 4) is 17.7 Å². The third kappa shape index (κ3) is 3.19. The summed E-state index contributed by atoms with van der Waals surface area (Å²) in [6.45, 7) is 5.78. The van der Waals surface area contributed by atoms with E-state index in [4.69, 9.17) is 8.83 Å². The maximum absolute atomic E-state index is 13.4. The van der Waals surface area contributed by atoms with Crippen LogP contribution in [0.3, 0.4) is 0 Å². The Morgan fingerprint density at radius 3 is 2.66 bits per heavy atom. The predicted molar refractivity (Wildman–Crippen MR) is 115 cm³/mol. The van der Waals surface area contributed by atoms with Gasteiger partial charge in [-0.15, -0.1) is 0 Å². The third-order valence-electron chi connectivity index (χ3n) is 5.63. The lowest BCUT2D eigenvalue weighted by atomic mass is 10.1. The summed E-state index contributed by atoms with van der Waals surface area (Å²) in [5.41, 5.74) is 3.07. The van der Waals surface area contributed by atoms with Crippen LogP contribution in [0.4, 0.5) is 5.88 Å². The van der Waals surface area contributed by atoms with Crippen LogP contribution in [0, 0.1) is 25.2 Å². The molecule has 5 rings (SSSR count). The van der Waals surface area contributed by atoms with Crippen molar-refractivity contribution in [1.29, 1.82) is 5.26 Å². The number of oxazole rings is 1. The molecule has 10 nitrogen and oxygen atoms in total. The SMILES string of the molecule is Cc1cc(C(=O)N2CCN(c3oc(-c4ccco4)nc3C#N)CC2)c2c(C)nn(C)c2n1. The second-order valence-corrected chi connectivity index (χ2v) is 7.76. The number of carbonyl (C=O) groups is 1. The first-order valence-electron chi connectivity index (χ1n) is 10.3. The van der Waals surface area contributed by atoms with Crippen LogP contribution >= 0.6 is 0 Å². The van der Waals surface area contributed by atoms with E-state index < -0.39 is 0 Å². The molecule has 1 saturated heterocycles. The number of aryl methyl sites for hydroxylation is 3. The first-order chi connectivity index (χ1) is 15.5. The number of furan rings is 1. The van der Waals surface area contributed by atoms with Crippen molar-refractivity contribution >= 4 is 22.8 Å². The lowest BCUT2D eigenvalue weighted by molar-refractivity contribution is 0.0747. The minimum Gasteiger partial charge on any atom is -0.459 e. The van der Waals surface area contributed by atoms with Gasteiger partial charge in [0.25, 0.3) is 11.8 Å². The largest absolute Gasteiger partial charge is 0.459 e. The molecule has 10 heteroatoms. The number of rotatable bonds is 3. The van der Waals surface area contributed by atoms with Gasteiger partial charge >= 0.3 is 0 Å². The number of piperazine rings is 1. The average molecular weight is 431 g/mol. The van der Waals surface area contributed by atoms with E-state index in [0.717, 1.165) is 16.8 Å². The average Bonchev–Trinajstić information content (AvgIpc) is 3.52. The molecule has 0 radical (unpaired) electrons. The number of nitriles is 1. The second kappa shape index (κ2) is 7.53. The van der Waals surface area contributed by atoms with Gasteiger partial charge in [-0.05, 0) is 32.0 Å². The molecular formula is C22H21N7O3. The van der Waals surface area contributed by atoms with E-state index in [1.54, 1.807) is 16.8 Å². The van der Waals surface area contributed by atoms with Crippen molar-refractivity contribution < 1.29 is 13.6 Å². The van der Waals surface area contributed by atoms with Gasteiger partial charge in [0.2, 0.25) is 11.6 Å². The minimum atomic E-state index is -0.0504. The van der Waals surface area contributed by atoms with Crippen LogP contribution in [-0.4, -0.2) is 56.7 Å². The Balaban J connectivity index is 1.38. The fourth-order valence-corrected chi connectivity index (χ4v) is 4.13. The standard InChI is InChI=1S/C22H21N7O3/c1-13-11-15(18-14(2)26-27(3)19(18)24-13)21(30)28-6-8-29(9-7-28)22-16(12-23)25-20(32-22)17-5-4-10-31-17/h4-5,10-11H,6-9H2,1-3H3. The molecule has 0 N–H and O–H groups in total. The summed E-state index contributed by atoms with van der Waals surface area (Å²) in [5.74, 6) is 1.08. The molecule has 162 valence electrons. The third-order valence-corrected chi connectivity index (χ3v) is 5.63. The quantitative estimate of drug-likeness (QED) is 0.486. The van der Waals surface area contributed by atoms with Gasteiger partial charge in [0.05, 0.1) is 22.9 Å². The van der Waals surface area contributed by atoms with E-state index in [9.17, 15) is 10.1 Å². The van der Waals surface area contributed by atoms with Crippen molar-refractivity contribution in [2.75, 3.05) is 31.1 Å². The highest BCUT2D eigenvalue weighted by Crippen LogP contribution is 2.30. The van der Waals surface area contributed by atoms with E-state index >= 15 is 0 Å². The number of hydrogen-bond donors (Lipinski definition) is 0. The minimum absolute atomic E-state index is 0.0504. The van der Waals surface area contributed by atoms with Gasteiger partial charge in [-0.3, -0.25) is 9.48 Å². The van der Waals surface area contributed by atoms with Gasteiger partial charge in [-0.2, -0.15) is 15.3 Å². The van der Waals surface area contributed by atoms with Gasteiger partial charge in [0, 0.05) is 38.9 Å². The normalized spacial score (nSPS) is 14.2. The molecule has 1 aliphatic heterocycles. The summed E-state index contributed by atoms with van der Waals surface area (Å²) in [6.07, 6.45) is 1.53. The molecule has 0 saturated carbocycles. The lowest BCUT2D eigenvalue weighted by Gasteiger charge is -2.34. The zero-order chi connectivity index (χ0) is 22.4. The topological polar surface area (TPSA) is 117 Å². The number of pyridine rings is 1. The molecule has 4 aromatic heterocycles. The zero-order valence-corrected chi connectivity index (χ0v) is 18.0. The van der Waals surface area contributed by atoms with Crippen molar-refractivity contribution in [2.24, 2.45) is 7.05 Å². The molecule has 0 aliphatic carbocycles. The van der Waals surface area contributed by atoms with Crippen molar-refractivity contribution in [2.45, 2.75) is 13.8 Å². The Kier molecular flexibility index (Phi) is 4.66. The van der Waals surface area contributed by atoms with Crippen LogP contribution in [-0.2, 0) is 7.05 Å². The maximum Gasteiger partial charge on any atom is 0.266 e. The summed E-state index contributed by atoms with van der Waals surface area (Å²) in [7, 11) is 1.83. The van der Waals surface area contributed by atoms with Gasteiger partial charge in [0.15, 0.2) is 11.4 Å². The highest BCUT2D eigenvalue weighted by atomic mass is 16.4. The van der Waals surface area contributed by atoms with E-state index in [-0.39, 0.29) is 17.5 Å².